The Morgan fingerprint density at radius 1 is 1.29 bits per heavy atom. The van der Waals surface area contributed by atoms with Gasteiger partial charge in [0.1, 0.15) is 0 Å². The third kappa shape index (κ3) is 3.22. The maximum atomic E-state index is 11.8. The first-order valence-electron chi connectivity index (χ1n) is 6.41. The zero-order valence-corrected chi connectivity index (χ0v) is 11.7. The Morgan fingerprint density at radius 2 is 1.95 bits per heavy atom. The van der Waals surface area contributed by atoms with E-state index in [4.69, 9.17) is 4.74 Å². The average molecular weight is 286 g/mol. The maximum absolute atomic E-state index is 11.8. The van der Waals surface area contributed by atoms with Gasteiger partial charge >= 0.3 is 5.97 Å². The Labute approximate surface area is 121 Å². The highest BCUT2D eigenvalue weighted by molar-refractivity contribution is 5.92. The van der Waals surface area contributed by atoms with Crippen LogP contribution in [-0.4, -0.2) is 22.5 Å². The molecule has 108 valence electrons. The number of nitro benzene ring substituents is 1. The van der Waals surface area contributed by atoms with Gasteiger partial charge in [0.25, 0.3) is 5.69 Å². The highest BCUT2D eigenvalue weighted by Crippen LogP contribution is 2.23. The molecule has 0 unspecified atom stereocenters. The van der Waals surface area contributed by atoms with E-state index in [2.05, 4.69) is 4.98 Å². The van der Waals surface area contributed by atoms with Gasteiger partial charge in [-0.15, -0.1) is 0 Å². The summed E-state index contributed by atoms with van der Waals surface area (Å²) in [5, 5.41) is 10.6. The second kappa shape index (κ2) is 6.13. The molecular weight excluding hydrogens is 272 g/mol. The summed E-state index contributed by atoms with van der Waals surface area (Å²) in [6.45, 7) is 3.76. The minimum absolute atomic E-state index is 0.0180. The number of non-ortho nitro benzene ring substituents is 1. The second-order valence-electron chi connectivity index (χ2n) is 4.38. The normalized spacial score (nSPS) is 10.2. The number of ether oxygens (including phenoxy) is 1. The van der Waals surface area contributed by atoms with E-state index in [1.54, 1.807) is 38.2 Å². The van der Waals surface area contributed by atoms with E-state index in [-0.39, 0.29) is 5.69 Å². The van der Waals surface area contributed by atoms with Gasteiger partial charge in [-0.05, 0) is 37.6 Å². The smallest absolute Gasteiger partial charge is 0.339 e. The first-order valence-corrected chi connectivity index (χ1v) is 6.41. The molecule has 0 amide bonds. The van der Waals surface area contributed by atoms with Crippen molar-refractivity contribution < 1.29 is 14.5 Å². The molecule has 0 fully saturated rings. The van der Waals surface area contributed by atoms with Gasteiger partial charge in [0.15, 0.2) is 0 Å². The molecule has 6 nitrogen and oxygen atoms in total. The number of rotatable bonds is 4. The van der Waals surface area contributed by atoms with Gasteiger partial charge in [-0.25, -0.2) is 4.79 Å². The molecule has 2 rings (SSSR count). The van der Waals surface area contributed by atoms with Gasteiger partial charge in [0.2, 0.25) is 0 Å². The number of nitro groups is 1. The van der Waals surface area contributed by atoms with E-state index in [0.29, 0.717) is 23.4 Å². The molecule has 0 spiro atoms. The molecule has 1 heterocycles. The van der Waals surface area contributed by atoms with Crippen molar-refractivity contribution in [2.45, 2.75) is 13.8 Å². The molecule has 0 bridgehead atoms. The molecule has 0 aliphatic rings. The number of nitrogens with zero attached hydrogens (tertiary/aromatic N) is 2. The predicted octanol–water partition coefficient (Wildman–Crippen LogP) is 3.14. The quantitative estimate of drug-likeness (QED) is 0.490. The number of aryl methyl sites for hydroxylation is 1. The molecule has 1 aromatic heterocycles. The van der Waals surface area contributed by atoms with Crippen LogP contribution in [0, 0.1) is 17.0 Å². The highest BCUT2D eigenvalue weighted by atomic mass is 16.6. The molecule has 0 aliphatic carbocycles. The van der Waals surface area contributed by atoms with Crippen LogP contribution in [0.25, 0.3) is 11.1 Å². The monoisotopic (exact) mass is 286 g/mol. The van der Waals surface area contributed by atoms with Crippen molar-refractivity contribution in [3.05, 3.63) is 57.9 Å². The van der Waals surface area contributed by atoms with Crippen LogP contribution in [0.4, 0.5) is 5.69 Å². The Kier molecular flexibility index (Phi) is 4.27. The topological polar surface area (TPSA) is 82.3 Å². The molecule has 0 saturated carbocycles. The Bertz CT molecular complexity index is 681. The lowest BCUT2D eigenvalue weighted by Crippen LogP contribution is -2.08. The molecule has 21 heavy (non-hydrogen) atoms. The van der Waals surface area contributed by atoms with E-state index >= 15 is 0 Å². The van der Waals surface area contributed by atoms with E-state index in [0.717, 1.165) is 5.56 Å². The summed E-state index contributed by atoms with van der Waals surface area (Å²) in [5.74, 6) is -0.425. The first-order chi connectivity index (χ1) is 10.0. The molecule has 0 aliphatic heterocycles. The Hall–Kier alpha value is -2.76. The number of carbonyl (C=O) groups excluding carboxylic acids is 1. The summed E-state index contributed by atoms with van der Waals surface area (Å²) in [4.78, 5) is 26.2. The van der Waals surface area contributed by atoms with Crippen LogP contribution in [0.15, 0.2) is 36.5 Å². The standard InChI is InChI=1S/C15H14N2O4/c1-3-21-15(18)14-8-12(9-16-10(14)2)11-4-6-13(7-5-11)17(19)20/h4-9H,3H2,1-2H3. The van der Waals surface area contributed by atoms with Gasteiger partial charge in [-0.1, -0.05) is 0 Å². The summed E-state index contributed by atoms with van der Waals surface area (Å²) in [6.07, 6.45) is 1.62. The summed E-state index contributed by atoms with van der Waals surface area (Å²) >= 11 is 0. The SMILES string of the molecule is CCOC(=O)c1cc(-c2ccc([N+](=O)[O-])cc2)cnc1C. The summed E-state index contributed by atoms with van der Waals surface area (Å²) in [5.41, 5.74) is 2.45. The lowest BCUT2D eigenvalue weighted by atomic mass is 10.0. The lowest BCUT2D eigenvalue weighted by molar-refractivity contribution is -0.384. The Balaban J connectivity index is 2.38. The zero-order chi connectivity index (χ0) is 15.4. The fourth-order valence-electron chi connectivity index (χ4n) is 1.88. The molecule has 0 radical (unpaired) electrons. The van der Waals surface area contributed by atoms with E-state index in [1.807, 2.05) is 0 Å². The molecule has 0 saturated heterocycles. The summed E-state index contributed by atoms with van der Waals surface area (Å²) in [6, 6.07) is 7.76. The van der Waals surface area contributed by atoms with Crippen LogP contribution in [-0.2, 0) is 4.74 Å². The molecule has 0 atom stereocenters. The molecule has 6 heteroatoms. The van der Waals surface area contributed by atoms with Gasteiger partial charge < -0.3 is 4.74 Å². The predicted molar refractivity (Wildman–Crippen MR) is 77.0 cm³/mol. The van der Waals surface area contributed by atoms with Gasteiger partial charge in [-0.2, -0.15) is 0 Å². The molecular formula is C15H14N2O4. The average Bonchev–Trinajstić information content (AvgIpc) is 2.48. The first kappa shape index (κ1) is 14.6. The fraction of sp³-hybridized carbons (Fsp3) is 0.200. The van der Waals surface area contributed by atoms with Crippen molar-refractivity contribution in [3.63, 3.8) is 0 Å². The Morgan fingerprint density at radius 3 is 2.52 bits per heavy atom. The van der Waals surface area contributed by atoms with Gasteiger partial charge in [0.05, 0.1) is 22.8 Å². The van der Waals surface area contributed by atoms with Crippen LogP contribution in [0.5, 0.6) is 0 Å². The number of carbonyl (C=O) groups is 1. The van der Waals surface area contributed by atoms with Crippen LogP contribution in [0.3, 0.4) is 0 Å². The maximum Gasteiger partial charge on any atom is 0.339 e. The van der Waals surface area contributed by atoms with E-state index < -0.39 is 10.9 Å². The largest absolute Gasteiger partial charge is 0.462 e. The van der Waals surface area contributed by atoms with Crippen LogP contribution < -0.4 is 0 Å². The molecule has 0 N–H and O–H groups in total. The number of esters is 1. The second-order valence-corrected chi connectivity index (χ2v) is 4.38. The fourth-order valence-corrected chi connectivity index (χ4v) is 1.88. The number of aromatic nitrogens is 1. The number of pyridine rings is 1. The minimum Gasteiger partial charge on any atom is -0.462 e. The molecule has 2 aromatic rings. The summed E-state index contributed by atoms with van der Waals surface area (Å²) in [7, 11) is 0. The van der Waals surface area contributed by atoms with Crippen molar-refractivity contribution >= 4 is 11.7 Å². The van der Waals surface area contributed by atoms with Crippen molar-refractivity contribution in [3.8, 4) is 11.1 Å². The van der Waals surface area contributed by atoms with Crippen molar-refractivity contribution in [1.29, 1.82) is 0 Å². The third-order valence-corrected chi connectivity index (χ3v) is 2.99. The van der Waals surface area contributed by atoms with Gasteiger partial charge in [0, 0.05) is 23.9 Å². The van der Waals surface area contributed by atoms with E-state index in [1.165, 1.54) is 12.1 Å². The van der Waals surface area contributed by atoms with E-state index in [9.17, 15) is 14.9 Å². The van der Waals surface area contributed by atoms with Gasteiger partial charge in [-0.3, -0.25) is 15.1 Å². The third-order valence-electron chi connectivity index (χ3n) is 2.99. The van der Waals surface area contributed by atoms with Crippen LogP contribution in [0.1, 0.15) is 23.0 Å². The van der Waals surface area contributed by atoms with Crippen LogP contribution in [0.2, 0.25) is 0 Å². The van der Waals surface area contributed by atoms with Crippen LogP contribution >= 0.6 is 0 Å². The lowest BCUT2D eigenvalue weighted by Gasteiger charge is -2.07. The highest BCUT2D eigenvalue weighted by Gasteiger charge is 2.13. The van der Waals surface area contributed by atoms with Crippen molar-refractivity contribution in [2.24, 2.45) is 0 Å². The number of hydrogen-bond donors (Lipinski definition) is 0. The number of hydrogen-bond acceptors (Lipinski definition) is 5. The zero-order valence-electron chi connectivity index (χ0n) is 11.7. The summed E-state index contributed by atoms with van der Waals surface area (Å²) < 4.78 is 4.98. The van der Waals surface area contributed by atoms with Crippen molar-refractivity contribution in [2.75, 3.05) is 6.61 Å². The van der Waals surface area contributed by atoms with Crippen molar-refractivity contribution in [1.82, 2.24) is 4.98 Å². The number of benzene rings is 1. The minimum atomic E-state index is -0.457. The molecule has 1 aromatic carbocycles.